The van der Waals surface area contributed by atoms with E-state index in [-0.39, 0.29) is 6.04 Å². The average molecular weight is 289 g/mol. The summed E-state index contributed by atoms with van der Waals surface area (Å²) in [5.74, 6) is 1.90. The number of nitrogens with one attached hydrogen (secondary N) is 2. The van der Waals surface area contributed by atoms with Crippen molar-refractivity contribution in [2.24, 2.45) is 0 Å². The van der Waals surface area contributed by atoms with Gasteiger partial charge in [0.2, 0.25) is 5.75 Å². The Morgan fingerprint density at radius 2 is 1.81 bits per heavy atom. The number of ether oxygens (including phenoxy) is 3. The van der Waals surface area contributed by atoms with Crippen LogP contribution in [0.1, 0.15) is 23.0 Å². The molecular formula is C15H19N3O3. The second-order valence-corrected chi connectivity index (χ2v) is 4.86. The molecule has 2 aromatic rings. The normalized spacial score (nSPS) is 17.2. The third-order valence-electron chi connectivity index (χ3n) is 3.77. The topological polar surface area (TPSA) is 68.4 Å². The van der Waals surface area contributed by atoms with Crippen molar-refractivity contribution in [3.63, 3.8) is 0 Å². The molecule has 1 aliphatic heterocycles. The second-order valence-electron chi connectivity index (χ2n) is 4.86. The maximum atomic E-state index is 5.42. The highest BCUT2D eigenvalue weighted by Crippen LogP contribution is 2.41. The van der Waals surface area contributed by atoms with Gasteiger partial charge in [0, 0.05) is 18.7 Å². The summed E-state index contributed by atoms with van der Waals surface area (Å²) in [5, 5.41) is 3.48. The number of rotatable bonds is 4. The Morgan fingerprint density at radius 1 is 1.10 bits per heavy atom. The summed E-state index contributed by atoms with van der Waals surface area (Å²) in [7, 11) is 4.84. The number of aromatic amines is 1. The van der Waals surface area contributed by atoms with Crippen LogP contribution in [0.3, 0.4) is 0 Å². The van der Waals surface area contributed by atoms with E-state index in [0.717, 1.165) is 24.2 Å². The lowest BCUT2D eigenvalue weighted by Crippen LogP contribution is -2.30. The van der Waals surface area contributed by atoms with Crippen LogP contribution in [0.4, 0.5) is 0 Å². The van der Waals surface area contributed by atoms with Crippen LogP contribution in [0.5, 0.6) is 17.2 Å². The van der Waals surface area contributed by atoms with Gasteiger partial charge in [0.05, 0.1) is 39.4 Å². The molecule has 1 aromatic carbocycles. The van der Waals surface area contributed by atoms with Crippen molar-refractivity contribution in [2.75, 3.05) is 27.9 Å². The van der Waals surface area contributed by atoms with E-state index in [2.05, 4.69) is 15.3 Å². The Bertz CT molecular complexity index is 614. The van der Waals surface area contributed by atoms with E-state index in [1.807, 2.05) is 12.1 Å². The molecule has 2 heterocycles. The molecule has 1 aromatic heterocycles. The second kappa shape index (κ2) is 5.65. The summed E-state index contributed by atoms with van der Waals surface area (Å²) in [4.78, 5) is 7.64. The molecule has 0 spiro atoms. The van der Waals surface area contributed by atoms with Crippen LogP contribution in [0, 0.1) is 0 Å². The number of benzene rings is 1. The maximum Gasteiger partial charge on any atom is 0.203 e. The van der Waals surface area contributed by atoms with Gasteiger partial charge in [-0.2, -0.15) is 0 Å². The van der Waals surface area contributed by atoms with E-state index < -0.39 is 0 Å². The highest BCUT2D eigenvalue weighted by Gasteiger charge is 2.26. The van der Waals surface area contributed by atoms with Crippen LogP contribution >= 0.6 is 0 Å². The third-order valence-corrected chi connectivity index (χ3v) is 3.77. The molecule has 112 valence electrons. The number of fused-ring (bicyclic) bond motifs is 1. The Morgan fingerprint density at radius 3 is 2.43 bits per heavy atom. The lowest BCUT2D eigenvalue weighted by molar-refractivity contribution is 0.323. The number of nitrogens with zero attached hydrogens (tertiary/aromatic N) is 1. The Labute approximate surface area is 123 Å². The van der Waals surface area contributed by atoms with Crippen LogP contribution in [-0.2, 0) is 6.42 Å². The summed E-state index contributed by atoms with van der Waals surface area (Å²) >= 11 is 0. The quantitative estimate of drug-likeness (QED) is 0.896. The highest BCUT2D eigenvalue weighted by atomic mass is 16.5. The predicted octanol–water partition coefficient (Wildman–Crippen LogP) is 1.67. The van der Waals surface area contributed by atoms with Gasteiger partial charge in [0.25, 0.3) is 0 Å². The molecule has 3 rings (SSSR count). The smallest absolute Gasteiger partial charge is 0.203 e. The zero-order valence-electron chi connectivity index (χ0n) is 12.4. The average Bonchev–Trinajstić information content (AvgIpc) is 3.01. The van der Waals surface area contributed by atoms with Gasteiger partial charge in [-0.3, -0.25) is 0 Å². The first-order valence-electron chi connectivity index (χ1n) is 6.84. The van der Waals surface area contributed by atoms with Gasteiger partial charge >= 0.3 is 0 Å². The monoisotopic (exact) mass is 289 g/mol. The summed E-state index contributed by atoms with van der Waals surface area (Å²) in [5.41, 5.74) is 3.24. The molecule has 0 bridgehead atoms. The van der Waals surface area contributed by atoms with Gasteiger partial charge in [0.1, 0.15) is 0 Å². The van der Waals surface area contributed by atoms with Crippen molar-refractivity contribution in [3.8, 4) is 17.2 Å². The minimum Gasteiger partial charge on any atom is -0.493 e. The van der Waals surface area contributed by atoms with Crippen molar-refractivity contribution in [1.29, 1.82) is 0 Å². The van der Waals surface area contributed by atoms with Gasteiger partial charge in [0.15, 0.2) is 11.5 Å². The fraction of sp³-hybridized carbons (Fsp3) is 0.400. The predicted molar refractivity (Wildman–Crippen MR) is 78.2 cm³/mol. The molecule has 1 aliphatic rings. The zero-order valence-corrected chi connectivity index (χ0v) is 12.4. The van der Waals surface area contributed by atoms with Crippen molar-refractivity contribution < 1.29 is 14.2 Å². The standard InChI is InChI=1S/C15H19N3O3/c1-19-11-6-9(7-12(20-2)15(11)21-3)13-14-10(4-5-16-13)17-8-18-14/h6-8,13,16H,4-5H2,1-3H3,(H,17,18)/t13-/m0/s1. The Hall–Kier alpha value is -2.21. The molecule has 1 atom stereocenters. The van der Waals surface area contributed by atoms with Crippen LogP contribution in [0.2, 0.25) is 0 Å². The van der Waals surface area contributed by atoms with Crippen molar-refractivity contribution in [1.82, 2.24) is 15.3 Å². The summed E-state index contributed by atoms with van der Waals surface area (Å²) in [6.07, 6.45) is 2.69. The SMILES string of the molecule is COc1cc([C@@H]2NCCc3[nH]cnc32)cc(OC)c1OC. The van der Waals surface area contributed by atoms with Crippen molar-refractivity contribution >= 4 is 0 Å². The summed E-state index contributed by atoms with van der Waals surface area (Å²) in [6, 6.07) is 3.94. The number of hydrogen-bond donors (Lipinski definition) is 2. The number of hydrogen-bond acceptors (Lipinski definition) is 5. The minimum absolute atomic E-state index is 0.0220. The van der Waals surface area contributed by atoms with Crippen LogP contribution in [0.15, 0.2) is 18.5 Å². The molecule has 6 nitrogen and oxygen atoms in total. The lowest BCUT2D eigenvalue weighted by atomic mass is 9.97. The minimum atomic E-state index is 0.0220. The first-order valence-corrected chi connectivity index (χ1v) is 6.84. The highest BCUT2D eigenvalue weighted by molar-refractivity contribution is 5.55. The zero-order chi connectivity index (χ0) is 14.8. The number of aromatic nitrogens is 2. The Balaban J connectivity index is 2.08. The molecule has 21 heavy (non-hydrogen) atoms. The molecule has 6 heteroatoms. The maximum absolute atomic E-state index is 5.42. The first-order chi connectivity index (χ1) is 10.3. The van der Waals surface area contributed by atoms with Crippen LogP contribution < -0.4 is 19.5 Å². The number of H-pyrrole nitrogens is 1. The van der Waals surface area contributed by atoms with Gasteiger partial charge < -0.3 is 24.5 Å². The summed E-state index contributed by atoms with van der Waals surface area (Å²) < 4.78 is 16.2. The molecule has 0 amide bonds. The molecule has 0 fully saturated rings. The molecule has 0 saturated carbocycles. The lowest BCUT2D eigenvalue weighted by Gasteiger charge is -2.24. The van der Waals surface area contributed by atoms with E-state index in [4.69, 9.17) is 14.2 Å². The van der Waals surface area contributed by atoms with E-state index in [9.17, 15) is 0 Å². The van der Waals surface area contributed by atoms with Gasteiger partial charge in [-0.15, -0.1) is 0 Å². The third kappa shape index (κ3) is 2.31. The summed E-state index contributed by atoms with van der Waals surface area (Å²) in [6.45, 7) is 0.899. The number of methoxy groups -OCH3 is 3. The number of imidazole rings is 1. The first kappa shape index (κ1) is 13.8. The molecule has 0 unspecified atom stereocenters. The van der Waals surface area contributed by atoms with E-state index >= 15 is 0 Å². The largest absolute Gasteiger partial charge is 0.493 e. The molecule has 0 radical (unpaired) electrons. The molecule has 0 aliphatic carbocycles. The molecule has 0 saturated heterocycles. The van der Waals surface area contributed by atoms with Crippen LogP contribution in [0.25, 0.3) is 0 Å². The van der Waals surface area contributed by atoms with Crippen molar-refractivity contribution in [3.05, 3.63) is 35.4 Å². The Kier molecular flexibility index (Phi) is 3.70. The van der Waals surface area contributed by atoms with E-state index in [0.29, 0.717) is 17.2 Å². The van der Waals surface area contributed by atoms with Gasteiger partial charge in [-0.25, -0.2) is 4.98 Å². The fourth-order valence-electron chi connectivity index (χ4n) is 2.76. The van der Waals surface area contributed by atoms with Gasteiger partial charge in [-0.1, -0.05) is 0 Å². The van der Waals surface area contributed by atoms with E-state index in [1.165, 1.54) is 5.69 Å². The molecular weight excluding hydrogens is 270 g/mol. The van der Waals surface area contributed by atoms with Crippen LogP contribution in [-0.4, -0.2) is 37.8 Å². The molecule has 2 N–H and O–H groups in total. The fourth-order valence-corrected chi connectivity index (χ4v) is 2.76. The van der Waals surface area contributed by atoms with E-state index in [1.54, 1.807) is 27.7 Å². The van der Waals surface area contributed by atoms with Crippen molar-refractivity contribution in [2.45, 2.75) is 12.5 Å². The van der Waals surface area contributed by atoms with Gasteiger partial charge in [-0.05, 0) is 17.7 Å².